The zero-order valence-corrected chi connectivity index (χ0v) is 2.98. The van der Waals surface area contributed by atoms with Gasteiger partial charge in [-0.15, -0.1) is 6.58 Å². The largest absolute Gasteiger partial charge is 0.369 e. The van der Waals surface area contributed by atoms with Crippen molar-refractivity contribution in [3.63, 3.8) is 0 Å². The van der Waals surface area contributed by atoms with Crippen LogP contribution in [0.25, 0.3) is 0 Å². The first kappa shape index (κ1) is 6.47. The SMILES string of the molecule is C=CC1CO1.[MgH2]. The van der Waals surface area contributed by atoms with Crippen LogP contribution >= 0.6 is 0 Å². The van der Waals surface area contributed by atoms with Crippen LogP contribution in [0.5, 0.6) is 0 Å². The van der Waals surface area contributed by atoms with Gasteiger partial charge in [-0.05, 0) is 0 Å². The summed E-state index contributed by atoms with van der Waals surface area (Å²) in [6.45, 7) is 4.39. The maximum absolute atomic E-state index is 4.74. The molecule has 1 heterocycles. The minimum Gasteiger partial charge on any atom is -0.369 e. The molecule has 1 fully saturated rings. The van der Waals surface area contributed by atoms with Crippen molar-refractivity contribution in [1.29, 1.82) is 0 Å². The molecule has 0 aromatic carbocycles. The highest BCUT2D eigenvalue weighted by molar-refractivity contribution is 5.75. The fraction of sp³-hybridized carbons (Fsp3) is 0.500. The van der Waals surface area contributed by atoms with Gasteiger partial charge in [0, 0.05) is 0 Å². The van der Waals surface area contributed by atoms with Gasteiger partial charge in [0.1, 0.15) is 0 Å². The van der Waals surface area contributed by atoms with Crippen LogP contribution in [0.15, 0.2) is 12.7 Å². The summed E-state index contributed by atoms with van der Waals surface area (Å²) in [5, 5.41) is 0. The molecule has 6 heavy (non-hydrogen) atoms. The minimum atomic E-state index is 0. The van der Waals surface area contributed by atoms with Gasteiger partial charge in [-0.25, -0.2) is 0 Å². The van der Waals surface area contributed by atoms with Crippen LogP contribution in [0.2, 0.25) is 0 Å². The highest BCUT2D eigenvalue weighted by atomic mass is 24.3. The highest BCUT2D eigenvalue weighted by Gasteiger charge is 2.16. The Balaban J connectivity index is 0.000000250. The molecule has 0 amide bonds. The molecule has 0 aliphatic carbocycles. The Kier molecular flexibility index (Phi) is 2.81. The molecule has 1 nitrogen and oxygen atoms in total. The minimum absolute atomic E-state index is 0. The van der Waals surface area contributed by atoms with Crippen molar-refractivity contribution in [2.45, 2.75) is 6.10 Å². The molecule has 0 saturated carbocycles. The number of ether oxygens (including phenoxy) is 1. The van der Waals surface area contributed by atoms with Crippen LogP contribution in [-0.4, -0.2) is 35.8 Å². The molecular formula is C4H8MgO. The molecule has 0 aromatic heterocycles. The molecule has 1 aliphatic rings. The molecule has 1 aliphatic heterocycles. The second kappa shape index (κ2) is 2.61. The normalized spacial score (nSPS) is 27.7. The fourth-order valence-corrected chi connectivity index (χ4v) is 0.192. The van der Waals surface area contributed by atoms with Gasteiger partial charge in [0.15, 0.2) is 0 Å². The summed E-state index contributed by atoms with van der Waals surface area (Å²) in [6.07, 6.45) is 2.20. The Morgan fingerprint density at radius 2 is 2.33 bits per heavy atom. The Bertz CT molecular complexity index is 49.5. The van der Waals surface area contributed by atoms with Gasteiger partial charge < -0.3 is 4.74 Å². The Morgan fingerprint density at radius 3 is 2.33 bits per heavy atom. The molecular weight excluding hydrogens is 88.3 g/mol. The maximum atomic E-state index is 4.74. The van der Waals surface area contributed by atoms with Crippen molar-refractivity contribution in [2.24, 2.45) is 0 Å². The van der Waals surface area contributed by atoms with E-state index in [1.807, 2.05) is 0 Å². The fourth-order valence-electron chi connectivity index (χ4n) is 0.192. The molecule has 0 aromatic rings. The van der Waals surface area contributed by atoms with Crippen LogP contribution in [0, 0.1) is 0 Å². The Morgan fingerprint density at radius 1 is 1.83 bits per heavy atom. The van der Waals surface area contributed by atoms with Gasteiger partial charge >= 0.3 is 23.1 Å². The van der Waals surface area contributed by atoms with Gasteiger partial charge in [0.25, 0.3) is 0 Å². The van der Waals surface area contributed by atoms with E-state index in [-0.39, 0.29) is 23.1 Å². The summed E-state index contributed by atoms with van der Waals surface area (Å²) in [5.74, 6) is 0. The smallest absolute Gasteiger partial charge is 0.316 e. The van der Waals surface area contributed by atoms with Gasteiger partial charge in [0.05, 0.1) is 12.7 Å². The van der Waals surface area contributed by atoms with E-state index < -0.39 is 0 Å². The predicted octanol–water partition coefficient (Wildman–Crippen LogP) is -0.345. The first-order chi connectivity index (χ1) is 2.43. The van der Waals surface area contributed by atoms with E-state index in [1.54, 1.807) is 6.08 Å². The average Bonchev–Trinajstić information content (AvgIpc) is 2.12. The quantitative estimate of drug-likeness (QED) is 0.247. The molecule has 32 valence electrons. The number of rotatable bonds is 1. The third-order valence-electron chi connectivity index (χ3n) is 0.622. The zero-order chi connectivity index (χ0) is 3.70. The van der Waals surface area contributed by atoms with Crippen molar-refractivity contribution in [2.75, 3.05) is 6.61 Å². The molecule has 1 unspecified atom stereocenters. The molecule has 0 bridgehead atoms. The van der Waals surface area contributed by atoms with Crippen LogP contribution in [0.1, 0.15) is 0 Å². The molecule has 0 spiro atoms. The van der Waals surface area contributed by atoms with Gasteiger partial charge in [-0.2, -0.15) is 0 Å². The zero-order valence-electron chi connectivity index (χ0n) is 2.98. The lowest BCUT2D eigenvalue weighted by molar-refractivity contribution is 0.440. The summed E-state index contributed by atoms with van der Waals surface area (Å²) < 4.78 is 4.74. The van der Waals surface area contributed by atoms with E-state index in [4.69, 9.17) is 4.74 Å². The lowest BCUT2D eigenvalue weighted by Gasteiger charge is -1.59. The van der Waals surface area contributed by atoms with Gasteiger partial charge in [0.2, 0.25) is 0 Å². The molecule has 2 heteroatoms. The standard InChI is InChI=1S/C4H6O.Mg.2H/c1-2-4-3-5-4;;;/h2,4H,1,3H2;;;. The van der Waals surface area contributed by atoms with E-state index in [0.29, 0.717) is 6.10 Å². The van der Waals surface area contributed by atoms with Crippen molar-refractivity contribution in [3.05, 3.63) is 12.7 Å². The summed E-state index contributed by atoms with van der Waals surface area (Å²) in [5.41, 5.74) is 0. The summed E-state index contributed by atoms with van der Waals surface area (Å²) in [6, 6.07) is 0. The maximum Gasteiger partial charge on any atom is 0.316 e. The predicted molar refractivity (Wildman–Crippen MR) is 28.5 cm³/mol. The molecule has 1 saturated heterocycles. The van der Waals surface area contributed by atoms with E-state index in [9.17, 15) is 0 Å². The second-order valence-electron chi connectivity index (χ2n) is 1.11. The molecule has 0 radical (unpaired) electrons. The number of epoxide rings is 1. The lowest BCUT2D eigenvalue weighted by atomic mass is 10.5. The third-order valence-corrected chi connectivity index (χ3v) is 0.622. The summed E-state index contributed by atoms with van der Waals surface area (Å²) in [7, 11) is 0. The van der Waals surface area contributed by atoms with E-state index >= 15 is 0 Å². The van der Waals surface area contributed by atoms with E-state index in [2.05, 4.69) is 6.58 Å². The first-order valence-electron chi connectivity index (χ1n) is 1.67. The highest BCUT2D eigenvalue weighted by Crippen LogP contribution is 2.07. The van der Waals surface area contributed by atoms with Crippen LogP contribution < -0.4 is 0 Å². The number of hydrogen-bond donors (Lipinski definition) is 0. The number of hydrogen-bond acceptors (Lipinski definition) is 1. The molecule has 1 rings (SSSR count). The van der Waals surface area contributed by atoms with Crippen molar-refractivity contribution in [1.82, 2.24) is 0 Å². The van der Waals surface area contributed by atoms with Crippen LogP contribution in [-0.2, 0) is 4.74 Å². The third kappa shape index (κ3) is 1.80. The van der Waals surface area contributed by atoms with Crippen LogP contribution in [0.3, 0.4) is 0 Å². The Hall–Kier alpha value is 0.466. The average molecular weight is 96.4 g/mol. The van der Waals surface area contributed by atoms with E-state index in [0.717, 1.165) is 6.61 Å². The Labute approximate surface area is 53.5 Å². The molecule has 1 atom stereocenters. The van der Waals surface area contributed by atoms with Gasteiger partial charge in [-0.1, -0.05) is 6.08 Å². The monoisotopic (exact) mass is 96.0 g/mol. The summed E-state index contributed by atoms with van der Waals surface area (Å²) >= 11 is 0. The first-order valence-corrected chi connectivity index (χ1v) is 1.67. The van der Waals surface area contributed by atoms with Gasteiger partial charge in [-0.3, -0.25) is 0 Å². The van der Waals surface area contributed by atoms with E-state index in [1.165, 1.54) is 0 Å². The topological polar surface area (TPSA) is 12.5 Å². The lowest BCUT2D eigenvalue weighted by Crippen LogP contribution is -1.65. The summed E-state index contributed by atoms with van der Waals surface area (Å²) in [4.78, 5) is 0. The van der Waals surface area contributed by atoms with Crippen LogP contribution in [0.4, 0.5) is 0 Å². The van der Waals surface area contributed by atoms with Crippen molar-refractivity contribution >= 4 is 23.1 Å². The van der Waals surface area contributed by atoms with Crippen molar-refractivity contribution < 1.29 is 4.74 Å². The second-order valence-corrected chi connectivity index (χ2v) is 1.11. The van der Waals surface area contributed by atoms with Crippen molar-refractivity contribution in [3.8, 4) is 0 Å². The molecule has 0 N–H and O–H groups in total.